The quantitative estimate of drug-likeness (QED) is 0.257. The van der Waals surface area contributed by atoms with Gasteiger partial charge in [0, 0.05) is 34.3 Å². The van der Waals surface area contributed by atoms with Gasteiger partial charge in [-0.1, -0.05) is 20.8 Å². The Labute approximate surface area is 218 Å². The van der Waals surface area contributed by atoms with Gasteiger partial charge in [0.1, 0.15) is 27.1 Å². The fourth-order valence-corrected chi connectivity index (χ4v) is 5.82. The van der Waals surface area contributed by atoms with Gasteiger partial charge in [-0.2, -0.15) is 0 Å². The largest absolute Gasteiger partial charge is 0.298 e. The van der Waals surface area contributed by atoms with Gasteiger partial charge in [-0.15, -0.1) is 11.3 Å². The molecule has 0 fully saturated rings. The van der Waals surface area contributed by atoms with Gasteiger partial charge in [0.2, 0.25) is 5.91 Å². The zero-order valence-electron chi connectivity index (χ0n) is 20.7. The molecule has 0 radical (unpaired) electrons. The predicted molar refractivity (Wildman–Crippen MR) is 146 cm³/mol. The Hall–Kier alpha value is -4.51. The summed E-state index contributed by atoms with van der Waals surface area (Å²) in [4.78, 5) is 37.0. The topological polar surface area (TPSA) is 118 Å². The summed E-state index contributed by atoms with van der Waals surface area (Å²) in [6.45, 7) is 6.06. The van der Waals surface area contributed by atoms with Crippen LogP contribution in [0.15, 0.2) is 49.2 Å². The first-order valence-corrected chi connectivity index (χ1v) is 12.8. The van der Waals surface area contributed by atoms with Gasteiger partial charge in [-0.25, -0.2) is 14.4 Å². The minimum Gasteiger partial charge on any atom is -0.298 e. The number of aromatic amines is 2. The van der Waals surface area contributed by atoms with Gasteiger partial charge in [-0.05, 0) is 23.6 Å². The monoisotopic (exact) mass is 524 g/mol. The molecule has 2 N–H and O–H groups in total. The number of aromatic nitrogens is 8. The molecule has 5 aromatic heterocycles. The maximum Gasteiger partial charge on any atom is 0.232 e. The second-order valence-electron chi connectivity index (χ2n) is 10.5. The molecule has 7 heterocycles. The van der Waals surface area contributed by atoms with Gasteiger partial charge < -0.3 is 0 Å². The highest BCUT2D eigenvalue weighted by Crippen LogP contribution is 2.34. The number of nitrogens with one attached hydrogen (secondary N) is 2. The van der Waals surface area contributed by atoms with Gasteiger partial charge in [0.15, 0.2) is 11.5 Å². The standard InChI is InChI=1S/C27H21FN8OS/c1-27(2,3)7-19(37)36-14-6-13(8-29-9-14)23-22(28)21-16(12-31-23)34-35-25(21)26-32-17-11-30-10-15(24(17)33-26)18-4-5-20(36)38-18/h4-6,8-12,34-35H,7H2,1-3H3. The lowest BCUT2D eigenvalue weighted by molar-refractivity contribution is 0.0867. The maximum atomic E-state index is 16.1. The van der Waals surface area contributed by atoms with E-state index in [2.05, 4.69) is 30.1 Å². The van der Waals surface area contributed by atoms with E-state index in [4.69, 9.17) is 4.98 Å². The SMILES string of the molecule is CC(C)(C)CC(=O)n1c2cncc(c2)c2ncc3[nH][nH]c(c4nc5cncc(c6ccc1s6)c5n4)-c3c2F. The van der Waals surface area contributed by atoms with Crippen molar-refractivity contribution in [1.29, 1.82) is 0 Å². The fourth-order valence-electron chi connectivity index (χ4n) is 4.77. The van der Waals surface area contributed by atoms with Crippen LogP contribution in [0.4, 0.5) is 4.39 Å². The van der Waals surface area contributed by atoms with E-state index < -0.39 is 5.82 Å². The molecular formula is C27H21FN8OS. The number of carbonyl (C=O) groups is 1. The van der Waals surface area contributed by atoms with Crippen molar-refractivity contribution in [3.05, 3.63) is 55.0 Å². The Bertz CT molecular complexity index is 2090. The second kappa shape index (κ2) is 7.99. The highest BCUT2D eigenvalue weighted by molar-refractivity contribution is 7.24. The maximum absolute atomic E-state index is 16.1. The molecule has 0 saturated carbocycles. The Balaban J connectivity index is 1.71. The molecule has 7 rings (SSSR count). The van der Waals surface area contributed by atoms with Crippen LogP contribution in [-0.4, -0.2) is 45.6 Å². The van der Waals surface area contributed by atoms with E-state index in [0.29, 0.717) is 55.6 Å². The number of hydrogen-bond donors (Lipinski definition) is 2. The Kier molecular flexibility index (Phi) is 4.77. The summed E-state index contributed by atoms with van der Waals surface area (Å²) < 4.78 is 18.7. The molecule has 9 nitrogen and oxygen atoms in total. The number of nitrogens with zero attached hydrogens (tertiary/aromatic N) is 6. The molecule has 11 heteroatoms. The summed E-state index contributed by atoms with van der Waals surface area (Å²) in [5, 5.41) is 7.22. The third-order valence-corrected chi connectivity index (χ3v) is 7.53. The number of pyridine rings is 3. The number of thiophene rings is 1. The average Bonchev–Trinajstić information content (AvgIpc) is 3.61. The van der Waals surface area contributed by atoms with Crippen molar-refractivity contribution in [3.63, 3.8) is 0 Å². The van der Waals surface area contributed by atoms with E-state index in [-0.39, 0.29) is 16.8 Å². The van der Waals surface area contributed by atoms with Gasteiger partial charge >= 0.3 is 0 Å². The Morgan fingerprint density at radius 2 is 1.87 bits per heavy atom. The van der Waals surface area contributed by atoms with Crippen LogP contribution < -0.4 is 0 Å². The molecule has 188 valence electrons. The fraction of sp³-hybridized carbons (Fsp3) is 0.185. The van der Waals surface area contributed by atoms with Crippen LogP contribution in [0, 0.1) is 11.2 Å². The van der Waals surface area contributed by atoms with Crippen molar-refractivity contribution in [2.24, 2.45) is 5.41 Å². The molecule has 0 saturated heterocycles. The molecule has 8 bridgehead atoms. The smallest absolute Gasteiger partial charge is 0.232 e. The Morgan fingerprint density at radius 1 is 1.03 bits per heavy atom. The Morgan fingerprint density at radius 3 is 2.71 bits per heavy atom. The van der Waals surface area contributed by atoms with E-state index in [9.17, 15) is 4.79 Å². The van der Waals surface area contributed by atoms with Crippen LogP contribution in [0.25, 0.3) is 64.8 Å². The number of imidazole rings is 1. The van der Waals surface area contributed by atoms with Crippen molar-refractivity contribution in [1.82, 2.24) is 39.7 Å². The molecule has 2 aliphatic rings. The van der Waals surface area contributed by atoms with Crippen LogP contribution in [0.3, 0.4) is 0 Å². The minimum atomic E-state index is -0.540. The minimum absolute atomic E-state index is 0.0905. The predicted octanol–water partition coefficient (Wildman–Crippen LogP) is 6.39. The van der Waals surface area contributed by atoms with E-state index in [1.165, 1.54) is 11.3 Å². The number of fused-ring (bicyclic) bond motifs is 9. The van der Waals surface area contributed by atoms with Crippen molar-refractivity contribution < 1.29 is 9.18 Å². The van der Waals surface area contributed by atoms with Crippen LogP contribution in [0.5, 0.6) is 0 Å². The van der Waals surface area contributed by atoms with Crippen molar-refractivity contribution >= 4 is 70.8 Å². The summed E-state index contributed by atoms with van der Waals surface area (Å²) in [5.74, 6) is -0.631. The summed E-state index contributed by atoms with van der Waals surface area (Å²) >= 11 is 1.45. The zero-order chi connectivity index (χ0) is 26.2. The summed E-state index contributed by atoms with van der Waals surface area (Å²) in [6, 6.07) is 5.60. The van der Waals surface area contributed by atoms with Crippen molar-refractivity contribution in [3.8, 4) is 11.3 Å². The van der Waals surface area contributed by atoms with Crippen LogP contribution in [0.1, 0.15) is 32.0 Å². The lowest BCUT2D eigenvalue weighted by atomic mass is 9.92. The lowest BCUT2D eigenvalue weighted by Gasteiger charge is -2.18. The second-order valence-corrected chi connectivity index (χ2v) is 11.5. The normalized spacial score (nSPS) is 12.4. The number of halogens is 1. The zero-order valence-corrected chi connectivity index (χ0v) is 21.5. The first-order valence-electron chi connectivity index (χ1n) is 12.0. The third kappa shape index (κ3) is 3.50. The molecular weight excluding hydrogens is 503 g/mol. The van der Waals surface area contributed by atoms with Crippen LogP contribution in [-0.2, 0) is 0 Å². The summed E-state index contributed by atoms with van der Waals surface area (Å²) in [6.07, 6.45) is 8.40. The first-order chi connectivity index (χ1) is 18.3. The molecule has 5 aromatic rings. The summed E-state index contributed by atoms with van der Waals surface area (Å²) in [5.41, 5.74) is 3.17. The van der Waals surface area contributed by atoms with Gasteiger partial charge in [0.05, 0.1) is 35.2 Å². The molecule has 2 aliphatic heterocycles. The van der Waals surface area contributed by atoms with Crippen molar-refractivity contribution in [2.45, 2.75) is 27.2 Å². The van der Waals surface area contributed by atoms with Crippen molar-refractivity contribution in [2.75, 3.05) is 0 Å². The average molecular weight is 525 g/mol. The molecule has 0 amide bonds. The number of H-pyrrole nitrogens is 2. The third-order valence-electron chi connectivity index (χ3n) is 6.42. The van der Waals surface area contributed by atoms with E-state index in [1.54, 1.807) is 41.6 Å². The van der Waals surface area contributed by atoms with E-state index in [1.807, 2.05) is 32.9 Å². The number of carbonyl (C=O) groups excluding carboxylic acids is 1. The van der Waals surface area contributed by atoms with Crippen LogP contribution in [0.2, 0.25) is 0 Å². The van der Waals surface area contributed by atoms with Gasteiger partial charge in [0.25, 0.3) is 0 Å². The van der Waals surface area contributed by atoms with Gasteiger partial charge in [-0.3, -0.25) is 34.5 Å². The molecule has 0 spiro atoms. The number of hydrogen-bond acceptors (Lipinski definition) is 7. The molecule has 0 unspecified atom stereocenters. The highest BCUT2D eigenvalue weighted by atomic mass is 32.1. The molecule has 0 aromatic carbocycles. The molecule has 38 heavy (non-hydrogen) atoms. The molecule has 0 aliphatic carbocycles. The highest BCUT2D eigenvalue weighted by Gasteiger charge is 2.22. The summed E-state index contributed by atoms with van der Waals surface area (Å²) in [7, 11) is 0. The van der Waals surface area contributed by atoms with E-state index >= 15 is 4.39 Å². The van der Waals surface area contributed by atoms with E-state index in [0.717, 1.165) is 10.1 Å². The lowest BCUT2D eigenvalue weighted by Crippen LogP contribution is -2.19. The number of rotatable bonds is 1. The van der Waals surface area contributed by atoms with Crippen LogP contribution >= 0.6 is 11.3 Å². The first kappa shape index (κ1) is 22.7. The molecule has 0 atom stereocenters.